The van der Waals surface area contributed by atoms with Crippen LogP contribution in [0.3, 0.4) is 0 Å². The topological polar surface area (TPSA) is 101 Å². The van der Waals surface area contributed by atoms with E-state index in [1.807, 2.05) is 18.0 Å². The van der Waals surface area contributed by atoms with Gasteiger partial charge in [-0.15, -0.1) is 0 Å². The number of benzene rings is 2. The molecular weight excluding hydrogens is 366 g/mol. The molecule has 4 N–H and O–H groups in total. The van der Waals surface area contributed by atoms with Gasteiger partial charge in [-0.25, -0.2) is 0 Å². The summed E-state index contributed by atoms with van der Waals surface area (Å²) >= 11 is 6.24. The molecule has 2 heterocycles. The largest absolute Gasteiger partial charge is 0.763 e. The van der Waals surface area contributed by atoms with Crippen molar-refractivity contribution in [3.05, 3.63) is 69.6 Å². The number of nitrogens with zero attached hydrogens (tertiary/aromatic N) is 1. The van der Waals surface area contributed by atoms with Crippen molar-refractivity contribution in [3.8, 4) is 11.5 Å². The second kappa shape index (κ2) is 8.84. The zero-order valence-electron chi connectivity index (χ0n) is 14.6. The smallest absolute Gasteiger partial charge is 0.222 e. The number of phenols is 1. The predicted molar refractivity (Wildman–Crippen MR) is 104 cm³/mol. The molecule has 140 valence electrons. The van der Waals surface area contributed by atoms with E-state index in [0.717, 1.165) is 31.9 Å². The van der Waals surface area contributed by atoms with E-state index >= 15 is 0 Å². The molecule has 2 aromatic rings. The van der Waals surface area contributed by atoms with Crippen LogP contribution in [0.1, 0.15) is 17.0 Å². The summed E-state index contributed by atoms with van der Waals surface area (Å²) in [6.45, 7) is 4.19. The van der Waals surface area contributed by atoms with Gasteiger partial charge in [-0.05, 0) is 17.7 Å². The van der Waals surface area contributed by atoms with Crippen LogP contribution in [0.5, 0.6) is 11.5 Å². The second-order valence-corrected chi connectivity index (χ2v) is 6.52. The Kier molecular flexibility index (Phi) is 6.27. The highest BCUT2D eigenvalue weighted by molar-refractivity contribution is 6.31. The fourth-order valence-corrected chi connectivity index (χ4v) is 3.27. The molecule has 7 heteroatoms. The molecule has 0 amide bonds. The molecule has 6 nitrogen and oxygen atoms in total. The van der Waals surface area contributed by atoms with Crippen LogP contribution in [0.4, 0.5) is 0 Å². The maximum Gasteiger partial charge on any atom is 0.222 e. The molecule has 0 aliphatic carbocycles. The highest BCUT2D eigenvalue weighted by atomic mass is 35.5. The minimum Gasteiger partial charge on any atom is -0.763 e. The van der Waals surface area contributed by atoms with Crippen LogP contribution in [0, 0.1) is 5.41 Å². The lowest BCUT2D eigenvalue weighted by molar-refractivity contribution is -0.670. The van der Waals surface area contributed by atoms with Gasteiger partial charge in [-0.3, -0.25) is 11.3 Å². The van der Waals surface area contributed by atoms with Crippen molar-refractivity contribution in [2.75, 3.05) is 26.3 Å². The van der Waals surface area contributed by atoms with Crippen LogP contribution >= 0.6 is 11.6 Å². The van der Waals surface area contributed by atoms with Gasteiger partial charge in [-0.1, -0.05) is 35.9 Å². The number of ether oxygens (including phenoxy) is 2. The van der Waals surface area contributed by atoms with E-state index in [4.69, 9.17) is 26.5 Å². The first-order chi connectivity index (χ1) is 13.1. The monoisotopic (exact) mass is 385 g/mol. The number of hydrogen-bond acceptors (Lipinski definition) is 4. The van der Waals surface area contributed by atoms with Crippen LogP contribution in [0.15, 0.2) is 48.0 Å². The molecule has 2 aliphatic heterocycles. The average molecular weight is 386 g/mol. The molecule has 0 spiro atoms. The van der Waals surface area contributed by atoms with E-state index in [1.165, 1.54) is 12.1 Å². The van der Waals surface area contributed by atoms with Crippen molar-refractivity contribution in [1.29, 1.82) is 5.41 Å². The summed E-state index contributed by atoms with van der Waals surface area (Å²) in [5.74, 6) is 1.74. The summed E-state index contributed by atoms with van der Waals surface area (Å²) in [4.78, 5) is 0. The zero-order valence-corrected chi connectivity index (χ0v) is 15.4. The van der Waals surface area contributed by atoms with Crippen molar-refractivity contribution >= 4 is 23.4 Å². The number of nitrogens with one attached hydrogen (secondary N) is 1. The average Bonchev–Trinajstić information content (AvgIpc) is 2.69. The summed E-state index contributed by atoms with van der Waals surface area (Å²) in [7, 11) is 0. The molecule has 4 rings (SSSR count). The Labute approximate surface area is 162 Å². The molecule has 27 heavy (non-hydrogen) atoms. The number of hydrogen-bond donors (Lipinski definition) is 3. The Morgan fingerprint density at radius 3 is 2.48 bits per heavy atom. The highest BCUT2D eigenvalue weighted by Gasteiger charge is 2.32. The third kappa shape index (κ3) is 4.38. The minimum absolute atomic E-state index is 0.0415. The summed E-state index contributed by atoms with van der Waals surface area (Å²) in [6.07, 6.45) is 0. The number of phenolic OH excluding ortho intramolecular Hbond substituents is 1. The normalized spacial score (nSPS) is 18.5. The Morgan fingerprint density at radius 2 is 1.89 bits per heavy atom. The third-order valence-corrected chi connectivity index (χ3v) is 4.67. The first kappa shape index (κ1) is 19.1. The van der Waals surface area contributed by atoms with E-state index in [1.54, 1.807) is 18.2 Å². The Morgan fingerprint density at radius 1 is 1.15 bits per heavy atom. The van der Waals surface area contributed by atoms with Crippen LogP contribution in [-0.2, 0) is 4.74 Å². The lowest BCUT2D eigenvalue weighted by Gasteiger charge is -2.29. The fraction of sp³-hybridized carbons (Fsp3) is 0.250. The Hall–Kier alpha value is -2.63. The van der Waals surface area contributed by atoms with Gasteiger partial charge in [0.15, 0.2) is 0 Å². The van der Waals surface area contributed by atoms with E-state index in [2.05, 4.69) is 5.32 Å². The van der Waals surface area contributed by atoms with Gasteiger partial charge in [0.1, 0.15) is 11.5 Å². The molecule has 2 aromatic carbocycles. The van der Waals surface area contributed by atoms with Crippen molar-refractivity contribution < 1.29 is 19.9 Å². The number of fused-ring (bicyclic) bond motifs is 1. The van der Waals surface area contributed by atoms with Crippen molar-refractivity contribution in [1.82, 2.24) is 0 Å². The number of morpholine rings is 1. The van der Waals surface area contributed by atoms with Gasteiger partial charge >= 0.3 is 0 Å². The number of rotatable bonds is 1. The lowest BCUT2D eigenvalue weighted by atomic mass is 9.83. The van der Waals surface area contributed by atoms with E-state index in [9.17, 15) is 10.5 Å². The molecule has 0 aromatic heterocycles. The molecule has 0 saturated carbocycles. The van der Waals surface area contributed by atoms with E-state index in [-0.39, 0.29) is 17.2 Å². The SMILES string of the molecule is C1COCC[NH2+]1.[N-]=C=C1C(=N)Oc2cc(O)ccc2C1c1ccccc1Cl. The lowest BCUT2D eigenvalue weighted by Crippen LogP contribution is -2.87. The van der Waals surface area contributed by atoms with Crippen molar-refractivity contribution in [2.24, 2.45) is 0 Å². The zero-order chi connectivity index (χ0) is 19.2. The number of halogens is 1. The van der Waals surface area contributed by atoms with Gasteiger partial charge < -0.3 is 25.3 Å². The molecule has 2 aliphatic rings. The third-order valence-electron chi connectivity index (χ3n) is 4.32. The van der Waals surface area contributed by atoms with Gasteiger partial charge in [-0.2, -0.15) is 0 Å². The van der Waals surface area contributed by atoms with Crippen LogP contribution in [0.2, 0.25) is 5.02 Å². The molecule has 1 fully saturated rings. The fourth-order valence-electron chi connectivity index (χ4n) is 3.03. The summed E-state index contributed by atoms with van der Waals surface area (Å²) in [5.41, 5.74) is 1.63. The molecule has 0 bridgehead atoms. The maximum absolute atomic E-state index is 9.56. The summed E-state index contributed by atoms with van der Waals surface area (Å²) in [6, 6.07) is 11.8. The van der Waals surface area contributed by atoms with Gasteiger partial charge in [0.05, 0.1) is 26.3 Å². The molecule has 1 saturated heterocycles. The standard InChI is InChI=1S/C16H10ClN2O2.C4H9NO/c17-13-4-2-1-3-10(13)15-11-6-5-9(20)7-14(11)21-16(19)12(15)8-18;1-3-6-4-2-5-1/h1-7,15,19-20H;5H,1-4H2/q-1;/p+1. The quantitative estimate of drug-likeness (QED) is 0.656. The first-order valence-electron chi connectivity index (χ1n) is 8.62. The van der Waals surface area contributed by atoms with Gasteiger partial charge in [0.25, 0.3) is 0 Å². The number of nitrogens with two attached hydrogens (primary N) is 1. The molecule has 1 atom stereocenters. The predicted octanol–water partition coefficient (Wildman–Crippen LogP) is 2.29. The van der Waals surface area contributed by atoms with E-state index in [0.29, 0.717) is 16.3 Å². The van der Waals surface area contributed by atoms with E-state index < -0.39 is 5.92 Å². The molecule has 1 unspecified atom stereocenters. The second-order valence-electron chi connectivity index (χ2n) is 6.11. The van der Waals surface area contributed by atoms with Gasteiger partial charge in [0.2, 0.25) is 5.90 Å². The molecular formula is C20H20ClN3O3. The van der Waals surface area contributed by atoms with Crippen LogP contribution < -0.4 is 10.1 Å². The van der Waals surface area contributed by atoms with Crippen LogP contribution in [0.25, 0.3) is 5.41 Å². The summed E-state index contributed by atoms with van der Waals surface area (Å²) in [5, 5.41) is 29.6. The molecule has 0 radical (unpaired) electrons. The maximum atomic E-state index is 9.56. The minimum atomic E-state index is -0.472. The van der Waals surface area contributed by atoms with Crippen molar-refractivity contribution in [2.45, 2.75) is 5.92 Å². The number of aromatic hydroxyl groups is 1. The Balaban J connectivity index is 0.000000299. The van der Waals surface area contributed by atoms with Gasteiger partial charge in [0, 0.05) is 28.1 Å². The first-order valence-corrected chi connectivity index (χ1v) is 9.00. The number of quaternary nitrogens is 1. The van der Waals surface area contributed by atoms with Crippen LogP contribution in [-0.4, -0.2) is 43.2 Å². The highest BCUT2D eigenvalue weighted by Crippen LogP contribution is 2.44. The van der Waals surface area contributed by atoms with Crippen molar-refractivity contribution in [3.63, 3.8) is 0 Å². The summed E-state index contributed by atoms with van der Waals surface area (Å²) < 4.78 is 10.4. The Bertz CT molecular complexity index is 878.